The number of rotatable bonds is 5. The minimum absolute atomic E-state index is 0.132. The molecule has 2 aromatic rings. The Kier molecular flexibility index (Phi) is 4.32. The standard InChI is InChI=1S/C14H16F3N3/c1-3-4-5-20-8-9(2)18-14(20)19-13-7-11(16)10(15)6-12(13)17/h6-8H,3-5H2,1-2H3,(H,18,19). The molecule has 0 atom stereocenters. The maximum Gasteiger partial charge on any atom is 0.207 e. The Morgan fingerprint density at radius 3 is 2.55 bits per heavy atom. The highest BCUT2D eigenvalue weighted by atomic mass is 19.2. The highest BCUT2D eigenvalue weighted by molar-refractivity contribution is 5.55. The van der Waals surface area contributed by atoms with Crippen LogP contribution in [0.1, 0.15) is 25.5 Å². The predicted molar refractivity (Wildman–Crippen MR) is 71.5 cm³/mol. The van der Waals surface area contributed by atoms with Gasteiger partial charge in [0.1, 0.15) is 5.82 Å². The van der Waals surface area contributed by atoms with E-state index < -0.39 is 17.5 Å². The van der Waals surface area contributed by atoms with Gasteiger partial charge in [-0.15, -0.1) is 0 Å². The van der Waals surface area contributed by atoms with Crippen LogP contribution < -0.4 is 5.32 Å². The molecule has 2 rings (SSSR count). The molecule has 0 saturated heterocycles. The second-order valence-electron chi connectivity index (χ2n) is 4.62. The molecule has 0 aliphatic rings. The lowest BCUT2D eigenvalue weighted by atomic mass is 10.3. The number of benzene rings is 1. The summed E-state index contributed by atoms with van der Waals surface area (Å²) in [7, 11) is 0. The fourth-order valence-electron chi connectivity index (χ4n) is 1.88. The van der Waals surface area contributed by atoms with Gasteiger partial charge in [-0.2, -0.15) is 0 Å². The van der Waals surface area contributed by atoms with Crippen LogP contribution in [0.3, 0.4) is 0 Å². The zero-order valence-electron chi connectivity index (χ0n) is 11.4. The largest absolute Gasteiger partial charge is 0.323 e. The lowest BCUT2D eigenvalue weighted by Gasteiger charge is -2.10. The molecule has 1 heterocycles. The zero-order valence-corrected chi connectivity index (χ0v) is 11.4. The molecule has 6 heteroatoms. The molecule has 0 aliphatic carbocycles. The van der Waals surface area contributed by atoms with Gasteiger partial charge in [0.25, 0.3) is 0 Å². The highest BCUT2D eigenvalue weighted by Crippen LogP contribution is 2.22. The average Bonchev–Trinajstić information content (AvgIpc) is 2.73. The number of anilines is 2. The Balaban J connectivity index is 2.27. The normalized spacial score (nSPS) is 10.8. The van der Waals surface area contributed by atoms with Crippen molar-refractivity contribution in [3.8, 4) is 0 Å². The molecule has 1 aromatic carbocycles. The summed E-state index contributed by atoms with van der Waals surface area (Å²) in [5.41, 5.74) is 0.638. The molecule has 0 bridgehead atoms. The van der Waals surface area contributed by atoms with E-state index in [1.54, 1.807) is 0 Å². The van der Waals surface area contributed by atoms with Crippen LogP contribution in [0.25, 0.3) is 0 Å². The van der Waals surface area contributed by atoms with Crippen molar-refractivity contribution >= 4 is 11.6 Å². The summed E-state index contributed by atoms with van der Waals surface area (Å²) in [6.07, 6.45) is 3.79. The van der Waals surface area contributed by atoms with E-state index in [1.165, 1.54) is 0 Å². The second kappa shape index (κ2) is 5.98. The van der Waals surface area contributed by atoms with Gasteiger partial charge in [-0.3, -0.25) is 0 Å². The topological polar surface area (TPSA) is 29.9 Å². The van der Waals surface area contributed by atoms with E-state index in [-0.39, 0.29) is 5.69 Å². The number of imidazole rings is 1. The molecular weight excluding hydrogens is 267 g/mol. The van der Waals surface area contributed by atoms with Crippen LogP contribution in [-0.2, 0) is 6.54 Å². The fraction of sp³-hybridized carbons (Fsp3) is 0.357. The van der Waals surface area contributed by atoms with Crippen LogP contribution in [0.2, 0.25) is 0 Å². The van der Waals surface area contributed by atoms with Gasteiger partial charge in [-0.05, 0) is 13.3 Å². The number of nitrogens with zero attached hydrogens (tertiary/aromatic N) is 2. The number of unbranched alkanes of at least 4 members (excludes halogenated alkanes) is 1. The summed E-state index contributed by atoms with van der Waals surface area (Å²) >= 11 is 0. The van der Waals surface area contributed by atoms with E-state index in [0.29, 0.717) is 12.0 Å². The van der Waals surface area contributed by atoms with Crippen molar-refractivity contribution in [1.29, 1.82) is 0 Å². The van der Waals surface area contributed by atoms with Crippen molar-refractivity contribution in [3.05, 3.63) is 41.5 Å². The minimum Gasteiger partial charge on any atom is -0.323 e. The van der Waals surface area contributed by atoms with Crippen molar-refractivity contribution in [2.75, 3.05) is 5.32 Å². The monoisotopic (exact) mass is 283 g/mol. The average molecular weight is 283 g/mol. The summed E-state index contributed by atoms with van der Waals surface area (Å²) in [4.78, 5) is 4.22. The smallest absolute Gasteiger partial charge is 0.207 e. The van der Waals surface area contributed by atoms with Crippen molar-refractivity contribution in [3.63, 3.8) is 0 Å². The summed E-state index contributed by atoms with van der Waals surface area (Å²) in [6, 6.07) is 1.31. The van der Waals surface area contributed by atoms with Gasteiger partial charge in [-0.1, -0.05) is 13.3 Å². The van der Waals surface area contributed by atoms with Crippen LogP contribution in [0, 0.1) is 24.4 Å². The van der Waals surface area contributed by atoms with Gasteiger partial charge in [0, 0.05) is 24.9 Å². The van der Waals surface area contributed by atoms with E-state index in [0.717, 1.165) is 31.1 Å². The Morgan fingerprint density at radius 1 is 1.15 bits per heavy atom. The molecule has 1 N–H and O–H groups in total. The summed E-state index contributed by atoms with van der Waals surface area (Å²) in [5.74, 6) is -2.75. The van der Waals surface area contributed by atoms with Gasteiger partial charge in [-0.25, -0.2) is 18.2 Å². The lowest BCUT2D eigenvalue weighted by Crippen LogP contribution is -2.05. The number of hydrogen-bond donors (Lipinski definition) is 1. The molecule has 108 valence electrons. The quantitative estimate of drug-likeness (QED) is 0.835. The van der Waals surface area contributed by atoms with Crippen LogP contribution in [-0.4, -0.2) is 9.55 Å². The van der Waals surface area contributed by atoms with E-state index in [1.807, 2.05) is 17.7 Å². The molecule has 0 aliphatic heterocycles. The van der Waals surface area contributed by atoms with Crippen molar-refractivity contribution in [1.82, 2.24) is 9.55 Å². The third kappa shape index (κ3) is 3.12. The molecule has 0 unspecified atom stereocenters. The van der Waals surface area contributed by atoms with E-state index in [4.69, 9.17) is 0 Å². The molecule has 20 heavy (non-hydrogen) atoms. The van der Waals surface area contributed by atoms with Crippen LogP contribution >= 0.6 is 0 Å². The Hall–Kier alpha value is -1.98. The first kappa shape index (κ1) is 14.4. The first-order chi connectivity index (χ1) is 9.51. The summed E-state index contributed by atoms with van der Waals surface area (Å²) in [5, 5.41) is 2.71. The predicted octanol–water partition coefficient (Wildman–Crippen LogP) is 4.15. The van der Waals surface area contributed by atoms with Gasteiger partial charge in [0.15, 0.2) is 11.6 Å². The van der Waals surface area contributed by atoms with Gasteiger partial charge >= 0.3 is 0 Å². The highest BCUT2D eigenvalue weighted by Gasteiger charge is 2.12. The Bertz CT molecular complexity index is 608. The van der Waals surface area contributed by atoms with Crippen LogP contribution in [0.5, 0.6) is 0 Å². The number of hydrogen-bond acceptors (Lipinski definition) is 2. The molecule has 0 fully saturated rings. The molecule has 3 nitrogen and oxygen atoms in total. The first-order valence-electron chi connectivity index (χ1n) is 6.46. The van der Waals surface area contributed by atoms with Crippen molar-refractivity contribution in [2.24, 2.45) is 0 Å². The molecule has 1 aromatic heterocycles. The minimum atomic E-state index is -1.21. The SMILES string of the molecule is CCCCn1cc(C)nc1Nc1cc(F)c(F)cc1F. The van der Waals surface area contributed by atoms with Crippen LogP contribution in [0.15, 0.2) is 18.3 Å². The third-order valence-electron chi connectivity index (χ3n) is 2.91. The lowest BCUT2D eigenvalue weighted by molar-refractivity contribution is 0.496. The maximum absolute atomic E-state index is 13.6. The van der Waals surface area contributed by atoms with Gasteiger partial charge < -0.3 is 9.88 Å². The Labute approximate surface area is 115 Å². The fourth-order valence-corrected chi connectivity index (χ4v) is 1.88. The molecule has 0 amide bonds. The zero-order chi connectivity index (χ0) is 14.7. The molecule has 0 saturated carbocycles. The summed E-state index contributed by atoms with van der Waals surface area (Å²) in [6.45, 7) is 4.60. The maximum atomic E-state index is 13.6. The number of halogens is 3. The van der Waals surface area contributed by atoms with E-state index >= 15 is 0 Å². The third-order valence-corrected chi connectivity index (χ3v) is 2.91. The summed E-state index contributed by atoms with van der Waals surface area (Å²) < 4.78 is 41.5. The second-order valence-corrected chi connectivity index (χ2v) is 4.62. The van der Waals surface area contributed by atoms with Gasteiger partial charge in [0.2, 0.25) is 5.95 Å². The first-order valence-corrected chi connectivity index (χ1v) is 6.46. The number of aryl methyl sites for hydroxylation is 2. The molecular formula is C14H16F3N3. The van der Waals surface area contributed by atoms with E-state index in [9.17, 15) is 13.2 Å². The van der Waals surface area contributed by atoms with E-state index in [2.05, 4.69) is 17.2 Å². The van der Waals surface area contributed by atoms with Crippen molar-refractivity contribution < 1.29 is 13.2 Å². The van der Waals surface area contributed by atoms with Crippen molar-refractivity contribution in [2.45, 2.75) is 33.2 Å². The van der Waals surface area contributed by atoms with Crippen LogP contribution in [0.4, 0.5) is 24.8 Å². The molecule has 0 radical (unpaired) electrons. The number of aromatic nitrogens is 2. The number of nitrogens with one attached hydrogen (secondary N) is 1. The Morgan fingerprint density at radius 2 is 1.85 bits per heavy atom. The van der Waals surface area contributed by atoms with Gasteiger partial charge in [0.05, 0.1) is 11.4 Å². The molecule has 0 spiro atoms.